The number of carbonyl (C=O) groups is 1. The molecule has 0 aliphatic rings. The van der Waals surface area contributed by atoms with E-state index in [1.54, 1.807) is 24.8 Å². The lowest BCUT2D eigenvalue weighted by Gasteiger charge is -2.00. The third-order valence-corrected chi connectivity index (χ3v) is 5.65. The Balaban J connectivity index is 1.96. The number of rotatable bonds is 7. The highest BCUT2D eigenvalue weighted by Crippen LogP contribution is 2.36. The van der Waals surface area contributed by atoms with Crippen LogP contribution in [0.2, 0.25) is 4.34 Å². The van der Waals surface area contributed by atoms with Crippen LogP contribution in [0.1, 0.15) is 19.5 Å². The summed E-state index contributed by atoms with van der Waals surface area (Å²) in [6.45, 7) is 4.23. The number of oxazole rings is 1. The van der Waals surface area contributed by atoms with E-state index in [1.165, 1.54) is 16.2 Å². The van der Waals surface area contributed by atoms with E-state index in [0.29, 0.717) is 28.3 Å². The van der Waals surface area contributed by atoms with Gasteiger partial charge in [-0.2, -0.15) is 0 Å². The number of carbonyl (C=O) groups excluding carboxylic acids is 1. The molecule has 0 atom stereocenters. The van der Waals surface area contributed by atoms with E-state index < -0.39 is 0 Å². The Morgan fingerprint density at radius 2 is 2.00 bits per heavy atom. The lowest BCUT2D eigenvalue weighted by atomic mass is 10.2. The van der Waals surface area contributed by atoms with Crippen LogP contribution in [-0.4, -0.2) is 23.3 Å². The lowest BCUT2D eigenvalue weighted by Crippen LogP contribution is -2.08. The van der Waals surface area contributed by atoms with Crippen molar-refractivity contribution in [1.82, 2.24) is 4.98 Å². The zero-order valence-corrected chi connectivity index (χ0v) is 16.8. The lowest BCUT2D eigenvalue weighted by molar-refractivity contribution is -0.142. The second kappa shape index (κ2) is 8.75. The van der Waals surface area contributed by atoms with Crippen molar-refractivity contribution in [2.45, 2.75) is 25.2 Å². The van der Waals surface area contributed by atoms with Crippen LogP contribution in [0, 0.1) is 0 Å². The first kappa shape index (κ1) is 19.0. The van der Waals surface area contributed by atoms with Crippen LogP contribution in [0.5, 0.6) is 0 Å². The number of nitrogens with zero attached hydrogens (tertiary/aromatic N) is 1. The van der Waals surface area contributed by atoms with Crippen LogP contribution < -0.4 is 0 Å². The van der Waals surface area contributed by atoms with Crippen molar-refractivity contribution in [3.63, 3.8) is 0 Å². The van der Waals surface area contributed by atoms with Crippen molar-refractivity contribution in [1.29, 1.82) is 0 Å². The van der Waals surface area contributed by atoms with Gasteiger partial charge in [0.25, 0.3) is 0 Å². The average molecular weight is 408 g/mol. The van der Waals surface area contributed by atoms with Gasteiger partial charge < -0.3 is 9.15 Å². The van der Waals surface area contributed by atoms with Gasteiger partial charge >= 0.3 is 5.97 Å². The number of benzene rings is 1. The van der Waals surface area contributed by atoms with Gasteiger partial charge in [-0.25, -0.2) is 4.98 Å². The molecule has 0 bridgehead atoms. The zero-order chi connectivity index (χ0) is 18.5. The Morgan fingerprint density at radius 1 is 1.23 bits per heavy atom. The first-order chi connectivity index (χ1) is 12.6. The molecule has 0 fully saturated rings. The van der Waals surface area contributed by atoms with Crippen molar-refractivity contribution in [2.75, 3.05) is 12.4 Å². The SMILES string of the molecule is CCOC(=O)Cc1nc(-c2ccc(SCC)cc2)oc1-c1ccc(Cl)s1. The molecule has 1 aromatic carbocycles. The molecule has 0 saturated heterocycles. The Kier molecular flexibility index (Phi) is 6.40. The third-order valence-electron chi connectivity index (χ3n) is 3.52. The molecule has 0 spiro atoms. The van der Waals surface area contributed by atoms with Gasteiger partial charge in [0.15, 0.2) is 5.76 Å². The maximum absolute atomic E-state index is 11.9. The summed E-state index contributed by atoms with van der Waals surface area (Å²) in [6.07, 6.45) is 0.0615. The predicted molar refractivity (Wildman–Crippen MR) is 107 cm³/mol. The van der Waals surface area contributed by atoms with Crippen LogP contribution in [0.25, 0.3) is 22.1 Å². The number of hydrogen-bond donors (Lipinski definition) is 0. The van der Waals surface area contributed by atoms with Crippen LogP contribution in [0.4, 0.5) is 0 Å². The second-order valence-electron chi connectivity index (χ2n) is 5.34. The molecule has 0 amide bonds. The topological polar surface area (TPSA) is 52.3 Å². The Morgan fingerprint density at radius 3 is 2.62 bits per heavy atom. The molecule has 2 heterocycles. The third kappa shape index (κ3) is 4.50. The average Bonchev–Trinajstić information content (AvgIpc) is 3.22. The second-order valence-corrected chi connectivity index (χ2v) is 8.39. The quantitative estimate of drug-likeness (QED) is 0.358. The Bertz CT molecular complexity index is 887. The zero-order valence-electron chi connectivity index (χ0n) is 14.5. The molecule has 3 aromatic rings. The summed E-state index contributed by atoms with van der Waals surface area (Å²) in [5.74, 6) is 1.74. The Labute approximate surface area is 165 Å². The molecule has 0 unspecified atom stereocenters. The van der Waals surface area contributed by atoms with Crippen molar-refractivity contribution in [3.05, 3.63) is 46.4 Å². The number of thioether (sulfide) groups is 1. The minimum absolute atomic E-state index is 0.0615. The first-order valence-electron chi connectivity index (χ1n) is 8.25. The van der Waals surface area contributed by atoms with Gasteiger partial charge in [0.1, 0.15) is 0 Å². The number of esters is 1. The predicted octanol–water partition coefficient (Wildman–Crippen LogP) is 5.94. The molecule has 0 saturated carbocycles. The first-order valence-corrected chi connectivity index (χ1v) is 10.4. The number of ether oxygens (including phenoxy) is 1. The van der Waals surface area contributed by atoms with Crippen molar-refractivity contribution in [2.24, 2.45) is 0 Å². The summed E-state index contributed by atoms with van der Waals surface area (Å²) in [4.78, 5) is 18.5. The monoisotopic (exact) mass is 407 g/mol. The van der Waals surface area contributed by atoms with Crippen molar-refractivity contribution < 1.29 is 13.9 Å². The summed E-state index contributed by atoms with van der Waals surface area (Å²) < 4.78 is 11.7. The van der Waals surface area contributed by atoms with E-state index in [-0.39, 0.29) is 12.4 Å². The summed E-state index contributed by atoms with van der Waals surface area (Å²) in [7, 11) is 0. The molecular weight excluding hydrogens is 390 g/mol. The van der Waals surface area contributed by atoms with E-state index in [9.17, 15) is 4.79 Å². The molecule has 0 radical (unpaired) electrons. The molecule has 136 valence electrons. The highest BCUT2D eigenvalue weighted by atomic mass is 35.5. The number of hydrogen-bond acceptors (Lipinski definition) is 6. The van der Waals surface area contributed by atoms with E-state index in [2.05, 4.69) is 11.9 Å². The molecule has 0 N–H and O–H groups in total. The van der Waals surface area contributed by atoms with Crippen LogP contribution >= 0.6 is 34.7 Å². The fraction of sp³-hybridized carbons (Fsp3) is 0.263. The summed E-state index contributed by atoms with van der Waals surface area (Å²) in [5, 5.41) is 0. The summed E-state index contributed by atoms with van der Waals surface area (Å²) in [6, 6.07) is 11.7. The van der Waals surface area contributed by atoms with Crippen molar-refractivity contribution in [3.8, 4) is 22.1 Å². The van der Waals surface area contributed by atoms with Gasteiger partial charge in [-0.05, 0) is 49.1 Å². The maximum atomic E-state index is 11.9. The minimum Gasteiger partial charge on any atom is -0.466 e. The Hall–Kier alpha value is -1.76. The fourth-order valence-corrected chi connectivity index (χ4v) is 4.14. The van der Waals surface area contributed by atoms with Gasteiger partial charge in [-0.1, -0.05) is 18.5 Å². The van der Waals surface area contributed by atoms with Crippen molar-refractivity contribution >= 4 is 40.7 Å². The van der Waals surface area contributed by atoms with Crippen LogP contribution in [0.3, 0.4) is 0 Å². The molecular formula is C19H18ClNO3S2. The van der Waals surface area contributed by atoms with Gasteiger partial charge in [-0.15, -0.1) is 23.1 Å². The van der Waals surface area contributed by atoms with Crippen LogP contribution in [-0.2, 0) is 16.0 Å². The van der Waals surface area contributed by atoms with Gasteiger partial charge in [0, 0.05) is 10.5 Å². The highest BCUT2D eigenvalue weighted by molar-refractivity contribution is 7.99. The number of aromatic nitrogens is 1. The molecule has 7 heteroatoms. The highest BCUT2D eigenvalue weighted by Gasteiger charge is 2.20. The van der Waals surface area contributed by atoms with Gasteiger partial charge in [0.05, 0.1) is 27.9 Å². The van der Waals surface area contributed by atoms with Gasteiger partial charge in [0.2, 0.25) is 5.89 Å². The smallest absolute Gasteiger partial charge is 0.312 e. The molecule has 0 aliphatic carbocycles. The summed E-state index contributed by atoms with van der Waals surface area (Å²) in [5.41, 5.74) is 1.42. The normalized spacial score (nSPS) is 10.9. The number of halogens is 1. The largest absolute Gasteiger partial charge is 0.466 e. The molecule has 3 rings (SSSR count). The molecule has 4 nitrogen and oxygen atoms in total. The van der Waals surface area contributed by atoms with E-state index in [1.807, 2.05) is 30.3 Å². The van der Waals surface area contributed by atoms with Crippen LogP contribution in [0.15, 0.2) is 45.7 Å². The molecule has 26 heavy (non-hydrogen) atoms. The van der Waals surface area contributed by atoms with E-state index in [0.717, 1.165) is 16.2 Å². The van der Waals surface area contributed by atoms with Gasteiger partial charge in [-0.3, -0.25) is 4.79 Å². The number of thiophene rings is 1. The maximum Gasteiger partial charge on any atom is 0.312 e. The summed E-state index contributed by atoms with van der Waals surface area (Å²) >= 11 is 9.22. The minimum atomic E-state index is -0.328. The standard InChI is InChI=1S/C19H18ClNO3S2/c1-3-23-17(22)11-14-18(15-9-10-16(20)26-15)24-19(21-14)12-5-7-13(8-6-12)25-4-2/h5-10H,3-4,11H2,1-2H3. The van der Waals surface area contributed by atoms with E-state index in [4.69, 9.17) is 20.8 Å². The fourth-order valence-electron chi connectivity index (χ4n) is 2.43. The molecule has 2 aromatic heterocycles. The molecule has 0 aliphatic heterocycles. The van der Waals surface area contributed by atoms with E-state index >= 15 is 0 Å².